The van der Waals surface area contributed by atoms with Crippen molar-refractivity contribution in [2.75, 3.05) is 16.8 Å². The minimum atomic E-state index is -0.387. The zero-order chi connectivity index (χ0) is 20.2. The number of nitro benzene ring substituents is 1. The highest BCUT2D eigenvalue weighted by molar-refractivity contribution is 5.59. The van der Waals surface area contributed by atoms with Gasteiger partial charge < -0.3 is 10.2 Å². The monoisotopic (exact) mass is 395 g/mol. The van der Waals surface area contributed by atoms with Crippen LogP contribution in [0.25, 0.3) is 0 Å². The van der Waals surface area contributed by atoms with Crippen molar-refractivity contribution >= 4 is 23.1 Å². The molecule has 1 N–H and O–H groups in total. The number of nitro groups is 1. The third-order valence-corrected chi connectivity index (χ3v) is 6.12. The summed E-state index contributed by atoms with van der Waals surface area (Å²) in [7, 11) is 0. The molecule has 0 spiro atoms. The number of anilines is 3. The first-order chi connectivity index (χ1) is 14.1. The molecule has 1 aliphatic carbocycles. The molecule has 4 rings (SSSR count). The van der Waals surface area contributed by atoms with Crippen molar-refractivity contribution in [1.29, 1.82) is 0 Å². The van der Waals surface area contributed by atoms with Crippen molar-refractivity contribution in [3.05, 3.63) is 46.1 Å². The summed E-state index contributed by atoms with van der Waals surface area (Å²) < 4.78 is 0. The number of hydrogen-bond acceptors (Lipinski definition) is 6. The molecule has 1 saturated carbocycles. The van der Waals surface area contributed by atoms with Crippen LogP contribution in [0.5, 0.6) is 0 Å². The number of aromatic nitrogens is 2. The zero-order valence-corrected chi connectivity index (χ0v) is 17.0. The standard InChI is InChI=1S/C22H29N5O2/c1-2-7-17-15-21(26-13-6-9-16-8-3-4-12-20(16)26)25-22(23-17)24-18-10-5-11-19(14-18)27(28)29/h5,10-11,14-16,20H,2-4,6-9,12-13H2,1H3,(H,23,24,25). The highest BCUT2D eigenvalue weighted by Gasteiger charge is 2.34. The lowest BCUT2D eigenvalue weighted by Gasteiger charge is -2.44. The number of nitrogens with one attached hydrogen (secondary N) is 1. The summed E-state index contributed by atoms with van der Waals surface area (Å²) in [6.45, 7) is 3.19. The normalized spacial score (nSPS) is 21.5. The molecule has 2 fully saturated rings. The van der Waals surface area contributed by atoms with Crippen LogP contribution in [0.3, 0.4) is 0 Å². The molecule has 29 heavy (non-hydrogen) atoms. The Morgan fingerprint density at radius 3 is 2.83 bits per heavy atom. The van der Waals surface area contributed by atoms with Gasteiger partial charge in [-0.2, -0.15) is 4.98 Å². The number of rotatable bonds is 6. The Kier molecular flexibility index (Phi) is 5.92. The Morgan fingerprint density at radius 2 is 2.00 bits per heavy atom. The zero-order valence-electron chi connectivity index (χ0n) is 17.0. The summed E-state index contributed by atoms with van der Waals surface area (Å²) in [4.78, 5) is 22.7. The van der Waals surface area contributed by atoms with Crippen molar-refractivity contribution in [3.63, 3.8) is 0 Å². The van der Waals surface area contributed by atoms with Crippen LogP contribution in [0.4, 0.5) is 23.1 Å². The molecule has 1 aromatic heterocycles. The molecule has 2 aromatic rings. The van der Waals surface area contributed by atoms with E-state index in [1.54, 1.807) is 12.1 Å². The topological polar surface area (TPSA) is 84.2 Å². The highest BCUT2D eigenvalue weighted by atomic mass is 16.6. The van der Waals surface area contributed by atoms with Crippen molar-refractivity contribution in [2.45, 2.75) is 64.3 Å². The number of aryl methyl sites for hydroxylation is 1. The van der Waals surface area contributed by atoms with Gasteiger partial charge in [-0.15, -0.1) is 0 Å². The lowest BCUT2D eigenvalue weighted by atomic mass is 9.78. The molecular weight excluding hydrogens is 366 g/mol. The molecule has 2 aliphatic rings. The second kappa shape index (κ2) is 8.76. The van der Waals surface area contributed by atoms with Gasteiger partial charge >= 0.3 is 0 Å². The fraction of sp³-hybridized carbons (Fsp3) is 0.545. The van der Waals surface area contributed by atoms with Gasteiger partial charge in [-0.25, -0.2) is 4.98 Å². The van der Waals surface area contributed by atoms with Gasteiger partial charge in [0.05, 0.1) is 4.92 Å². The van der Waals surface area contributed by atoms with E-state index in [0.717, 1.165) is 36.8 Å². The minimum Gasteiger partial charge on any atom is -0.353 e. The largest absolute Gasteiger partial charge is 0.353 e. The fourth-order valence-corrected chi connectivity index (χ4v) is 4.81. The molecule has 2 unspecified atom stereocenters. The first-order valence-corrected chi connectivity index (χ1v) is 10.8. The van der Waals surface area contributed by atoms with Crippen LogP contribution in [0.1, 0.15) is 57.6 Å². The Labute approximate surface area is 171 Å². The van der Waals surface area contributed by atoms with Gasteiger partial charge in [-0.05, 0) is 44.1 Å². The Hall–Kier alpha value is -2.70. The first kappa shape index (κ1) is 19.6. The lowest BCUT2D eigenvalue weighted by Crippen LogP contribution is -2.47. The van der Waals surface area contributed by atoms with E-state index >= 15 is 0 Å². The van der Waals surface area contributed by atoms with Crippen LogP contribution in [0, 0.1) is 16.0 Å². The van der Waals surface area contributed by atoms with Crippen molar-refractivity contribution in [1.82, 2.24) is 9.97 Å². The van der Waals surface area contributed by atoms with E-state index in [2.05, 4.69) is 28.2 Å². The van der Waals surface area contributed by atoms with Crippen LogP contribution in [-0.2, 0) is 6.42 Å². The van der Waals surface area contributed by atoms with Crippen molar-refractivity contribution < 1.29 is 4.92 Å². The number of nitrogens with zero attached hydrogens (tertiary/aromatic N) is 4. The van der Waals surface area contributed by atoms with Crippen molar-refractivity contribution in [2.24, 2.45) is 5.92 Å². The van der Waals surface area contributed by atoms with Gasteiger partial charge in [-0.1, -0.05) is 32.3 Å². The van der Waals surface area contributed by atoms with E-state index in [-0.39, 0.29) is 10.6 Å². The summed E-state index contributed by atoms with van der Waals surface area (Å²) in [5, 5.41) is 14.3. The van der Waals surface area contributed by atoms with E-state index in [4.69, 9.17) is 4.98 Å². The fourth-order valence-electron chi connectivity index (χ4n) is 4.81. The van der Waals surface area contributed by atoms with Gasteiger partial charge in [0.1, 0.15) is 5.82 Å². The molecule has 154 valence electrons. The van der Waals surface area contributed by atoms with Gasteiger partial charge in [0.2, 0.25) is 5.95 Å². The molecule has 2 heterocycles. The maximum atomic E-state index is 11.1. The maximum Gasteiger partial charge on any atom is 0.271 e. The third-order valence-electron chi connectivity index (χ3n) is 6.12. The Bertz CT molecular complexity index is 870. The molecule has 0 bridgehead atoms. The Morgan fingerprint density at radius 1 is 1.17 bits per heavy atom. The predicted molar refractivity (Wildman–Crippen MR) is 115 cm³/mol. The van der Waals surface area contributed by atoms with E-state index < -0.39 is 0 Å². The molecule has 7 heteroatoms. The van der Waals surface area contributed by atoms with Gasteiger partial charge in [-0.3, -0.25) is 10.1 Å². The average molecular weight is 396 g/mol. The predicted octanol–water partition coefficient (Wildman–Crippen LogP) is 5.24. The number of piperidine rings is 1. The summed E-state index contributed by atoms with van der Waals surface area (Å²) in [6.07, 6.45) is 9.65. The summed E-state index contributed by atoms with van der Waals surface area (Å²) in [6, 6.07) is 9.21. The molecule has 0 radical (unpaired) electrons. The van der Waals surface area contributed by atoms with Gasteiger partial charge in [0, 0.05) is 42.2 Å². The lowest BCUT2D eigenvalue weighted by molar-refractivity contribution is -0.384. The smallest absolute Gasteiger partial charge is 0.271 e. The quantitative estimate of drug-likeness (QED) is 0.532. The number of non-ortho nitro benzene ring substituents is 1. The van der Waals surface area contributed by atoms with E-state index in [0.29, 0.717) is 17.7 Å². The number of hydrogen-bond donors (Lipinski definition) is 1. The maximum absolute atomic E-state index is 11.1. The molecule has 7 nitrogen and oxygen atoms in total. The van der Waals surface area contributed by atoms with Gasteiger partial charge in [0.25, 0.3) is 5.69 Å². The van der Waals surface area contributed by atoms with Crippen LogP contribution >= 0.6 is 0 Å². The third kappa shape index (κ3) is 4.49. The van der Waals surface area contributed by atoms with Crippen LogP contribution in [0.15, 0.2) is 30.3 Å². The molecule has 1 saturated heterocycles. The molecule has 2 atom stereocenters. The molecule has 1 aliphatic heterocycles. The summed E-state index contributed by atoms with van der Waals surface area (Å²) in [5.74, 6) is 2.28. The molecule has 1 aromatic carbocycles. The van der Waals surface area contributed by atoms with Crippen molar-refractivity contribution in [3.8, 4) is 0 Å². The van der Waals surface area contributed by atoms with E-state index in [1.165, 1.54) is 50.7 Å². The Balaban J connectivity index is 1.63. The molecular formula is C22H29N5O2. The SMILES string of the molecule is CCCc1cc(N2CCCC3CCCCC32)nc(Nc2cccc([N+](=O)[O-])c2)n1. The second-order valence-corrected chi connectivity index (χ2v) is 8.17. The van der Waals surface area contributed by atoms with E-state index in [1.807, 2.05) is 0 Å². The van der Waals surface area contributed by atoms with Crippen LogP contribution in [-0.4, -0.2) is 27.5 Å². The molecule has 0 amide bonds. The first-order valence-electron chi connectivity index (χ1n) is 10.8. The van der Waals surface area contributed by atoms with Gasteiger partial charge in [0.15, 0.2) is 0 Å². The van der Waals surface area contributed by atoms with E-state index in [9.17, 15) is 10.1 Å². The highest BCUT2D eigenvalue weighted by Crippen LogP contribution is 2.37. The summed E-state index contributed by atoms with van der Waals surface area (Å²) >= 11 is 0. The number of benzene rings is 1. The van der Waals surface area contributed by atoms with Crippen LogP contribution < -0.4 is 10.2 Å². The van der Waals surface area contributed by atoms with Crippen LogP contribution in [0.2, 0.25) is 0 Å². The average Bonchev–Trinajstić information content (AvgIpc) is 2.73. The second-order valence-electron chi connectivity index (χ2n) is 8.17. The number of fused-ring (bicyclic) bond motifs is 1. The summed E-state index contributed by atoms with van der Waals surface area (Å²) in [5.41, 5.74) is 1.71. The minimum absolute atomic E-state index is 0.0565.